The lowest BCUT2D eigenvalue weighted by Crippen LogP contribution is -2.11. The molecule has 0 unspecified atom stereocenters. The fraction of sp³-hybridized carbons (Fsp3) is 0.0333. The summed E-state index contributed by atoms with van der Waals surface area (Å²) in [5, 5.41) is 7.27. The highest BCUT2D eigenvalue weighted by atomic mass is 35.5. The van der Waals surface area contributed by atoms with Gasteiger partial charge >= 0.3 is 0 Å². The molecule has 0 saturated heterocycles. The van der Waals surface area contributed by atoms with Crippen LogP contribution in [0.3, 0.4) is 0 Å². The number of anilines is 2. The van der Waals surface area contributed by atoms with Crippen LogP contribution in [0.1, 0.15) is 5.56 Å². The van der Waals surface area contributed by atoms with Crippen LogP contribution in [0.4, 0.5) is 11.6 Å². The number of para-hydroxylation sites is 1. The lowest BCUT2D eigenvalue weighted by molar-refractivity contribution is 1.16. The first-order chi connectivity index (χ1) is 18.1. The van der Waals surface area contributed by atoms with E-state index in [2.05, 4.69) is 45.6 Å². The number of thioether (sulfide) groups is 1. The molecule has 6 rings (SSSR count). The maximum atomic E-state index is 12.6. The molecular formula is C30H21ClN4OS. The fourth-order valence-corrected chi connectivity index (χ4v) is 5.39. The van der Waals surface area contributed by atoms with Gasteiger partial charge in [-0.15, -0.1) is 11.8 Å². The van der Waals surface area contributed by atoms with Gasteiger partial charge in [0.15, 0.2) is 0 Å². The molecule has 7 heteroatoms. The summed E-state index contributed by atoms with van der Waals surface area (Å²) in [6, 6.07) is 31.8. The van der Waals surface area contributed by atoms with Crippen molar-refractivity contribution in [1.82, 2.24) is 15.0 Å². The second-order valence-electron chi connectivity index (χ2n) is 8.59. The summed E-state index contributed by atoms with van der Waals surface area (Å²) < 4.78 is 0. The predicted octanol–water partition coefficient (Wildman–Crippen LogP) is 7.83. The molecule has 0 amide bonds. The summed E-state index contributed by atoms with van der Waals surface area (Å²) in [5.74, 6) is 1.02. The van der Waals surface area contributed by atoms with Crippen LogP contribution in [0.25, 0.3) is 32.9 Å². The van der Waals surface area contributed by atoms with E-state index in [1.54, 1.807) is 24.0 Å². The van der Waals surface area contributed by atoms with Crippen LogP contribution in [-0.4, -0.2) is 15.0 Å². The molecule has 0 fully saturated rings. The van der Waals surface area contributed by atoms with E-state index in [0.717, 1.165) is 32.7 Å². The van der Waals surface area contributed by atoms with Crippen molar-refractivity contribution in [1.29, 1.82) is 0 Å². The highest BCUT2D eigenvalue weighted by Crippen LogP contribution is 2.32. The largest absolute Gasteiger partial charge is 0.323 e. The summed E-state index contributed by atoms with van der Waals surface area (Å²) in [6.07, 6.45) is 1.76. The molecule has 0 bridgehead atoms. The lowest BCUT2D eigenvalue weighted by atomic mass is 10.1. The van der Waals surface area contributed by atoms with Crippen molar-refractivity contribution in [3.05, 3.63) is 124 Å². The number of hydrogen-bond donors (Lipinski definition) is 2. The molecule has 0 aliphatic carbocycles. The summed E-state index contributed by atoms with van der Waals surface area (Å²) in [6.45, 7) is 0. The van der Waals surface area contributed by atoms with Gasteiger partial charge in [0.05, 0.1) is 11.4 Å². The zero-order valence-electron chi connectivity index (χ0n) is 19.6. The first kappa shape index (κ1) is 23.3. The van der Waals surface area contributed by atoms with E-state index in [1.165, 1.54) is 10.8 Å². The van der Waals surface area contributed by atoms with Crippen molar-refractivity contribution in [3.8, 4) is 11.3 Å². The normalized spacial score (nSPS) is 11.2. The average molecular weight is 521 g/mol. The summed E-state index contributed by atoms with van der Waals surface area (Å²) in [7, 11) is 0. The van der Waals surface area contributed by atoms with E-state index in [-0.39, 0.29) is 5.56 Å². The van der Waals surface area contributed by atoms with Gasteiger partial charge in [0.1, 0.15) is 0 Å². The Balaban J connectivity index is 1.24. The third-order valence-electron chi connectivity index (χ3n) is 6.10. The molecule has 2 N–H and O–H groups in total. The second-order valence-corrected chi connectivity index (χ2v) is 10.0. The number of fused-ring (bicyclic) bond motifs is 2. The van der Waals surface area contributed by atoms with Crippen LogP contribution in [0.5, 0.6) is 0 Å². The SMILES string of the molecule is O=c1[nH]c2ccc(Cl)cc2cc1CSc1ccccc1Nc1nccc(-c2ccc3ccccc3c2)n1. The van der Waals surface area contributed by atoms with Crippen LogP contribution < -0.4 is 10.9 Å². The lowest BCUT2D eigenvalue weighted by Gasteiger charge is -2.12. The predicted molar refractivity (Wildman–Crippen MR) is 154 cm³/mol. The molecule has 0 aliphatic heterocycles. The zero-order valence-corrected chi connectivity index (χ0v) is 21.2. The minimum absolute atomic E-state index is 0.0980. The van der Waals surface area contributed by atoms with E-state index in [4.69, 9.17) is 16.6 Å². The third-order valence-corrected chi connectivity index (χ3v) is 7.46. The van der Waals surface area contributed by atoms with Crippen LogP contribution >= 0.6 is 23.4 Å². The molecule has 0 radical (unpaired) electrons. The van der Waals surface area contributed by atoms with Gasteiger partial charge in [-0.2, -0.15) is 0 Å². The zero-order chi connectivity index (χ0) is 25.2. The van der Waals surface area contributed by atoms with E-state index in [1.807, 2.05) is 60.7 Å². The number of halogens is 1. The molecule has 37 heavy (non-hydrogen) atoms. The van der Waals surface area contributed by atoms with Crippen LogP contribution in [-0.2, 0) is 5.75 Å². The minimum Gasteiger partial charge on any atom is -0.323 e. The van der Waals surface area contributed by atoms with Crippen LogP contribution in [0.2, 0.25) is 5.02 Å². The Labute approximate surface area is 222 Å². The maximum Gasteiger partial charge on any atom is 0.252 e. The third kappa shape index (κ3) is 5.07. The van der Waals surface area contributed by atoms with Crippen molar-refractivity contribution in [2.75, 3.05) is 5.32 Å². The van der Waals surface area contributed by atoms with Crippen LogP contribution in [0.15, 0.2) is 113 Å². The van der Waals surface area contributed by atoms with Gasteiger partial charge in [0.25, 0.3) is 5.56 Å². The number of benzene rings is 4. The molecule has 4 aromatic carbocycles. The van der Waals surface area contributed by atoms with Gasteiger partial charge in [-0.1, -0.05) is 60.1 Å². The number of nitrogens with one attached hydrogen (secondary N) is 2. The second kappa shape index (κ2) is 10.1. The molecule has 180 valence electrons. The van der Waals surface area contributed by atoms with Gasteiger partial charge in [-0.3, -0.25) is 4.79 Å². The topological polar surface area (TPSA) is 70.7 Å². The number of aromatic nitrogens is 3. The Kier molecular flexibility index (Phi) is 6.35. The Morgan fingerprint density at radius 1 is 0.838 bits per heavy atom. The molecule has 5 nitrogen and oxygen atoms in total. The first-order valence-electron chi connectivity index (χ1n) is 11.7. The average Bonchev–Trinajstić information content (AvgIpc) is 2.93. The summed E-state index contributed by atoms with van der Waals surface area (Å²) in [5.41, 5.74) is 4.11. The fourth-order valence-electron chi connectivity index (χ4n) is 4.23. The van der Waals surface area contributed by atoms with E-state index in [9.17, 15) is 4.79 Å². The van der Waals surface area contributed by atoms with Gasteiger partial charge in [0.2, 0.25) is 5.95 Å². The van der Waals surface area contributed by atoms with Gasteiger partial charge < -0.3 is 10.3 Å². The van der Waals surface area contributed by atoms with E-state index >= 15 is 0 Å². The van der Waals surface area contributed by atoms with Crippen molar-refractivity contribution < 1.29 is 0 Å². The van der Waals surface area contributed by atoms with Crippen molar-refractivity contribution in [2.24, 2.45) is 0 Å². The highest BCUT2D eigenvalue weighted by Gasteiger charge is 2.10. The monoisotopic (exact) mass is 520 g/mol. The minimum atomic E-state index is -0.0980. The smallest absolute Gasteiger partial charge is 0.252 e. The van der Waals surface area contributed by atoms with E-state index in [0.29, 0.717) is 22.3 Å². The molecule has 0 spiro atoms. The van der Waals surface area contributed by atoms with Crippen molar-refractivity contribution >= 4 is 56.7 Å². The first-order valence-corrected chi connectivity index (χ1v) is 13.1. The molecule has 0 saturated carbocycles. The Bertz CT molecular complexity index is 1820. The number of pyridine rings is 1. The number of nitrogens with zero attached hydrogens (tertiary/aromatic N) is 2. The maximum absolute atomic E-state index is 12.6. The molecule has 2 aromatic heterocycles. The summed E-state index contributed by atoms with van der Waals surface area (Å²) >= 11 is 7.72. The summed E-state index contributed by atoms with van der Waals surface area (Å²) in [4.78, 5) is 25.8. The molecular weight excluding hydrogens is 500 g/mol. The molecule has 0 atom stereocenters. The quantitative estimate of drug-likeness (QED) is 0.219. The van der Waals surface area contributed by atoms with Gasteiger partial charge in [-0.25, -0.2) is 9.97 Å². The van der Waals surface area contributed by atoms with Crippen molar-refractivity contribution in [2.45, 2.75) is 10.6 Å². The molecule has 6 aromatic rings. The van der Waals surface area contributed by atoms with Gasteiger partial charge in [-0.05, 0) is 64.7 Å². The van der Waals surface area contributed by atoms with Crippen LogP contribution in [0, 0.1) is 0 Å². The Hall–Kier alpha value is -4.13. The number of H-pyrrole nitrogens is 1. The number of rotatable bonds is 6. The van der Waals surface area contributed by atoms with E-state index < -0.39 is 0 Å². The standard InChI is InChI=1S/C30H21ClN4OS/c31-24-11-12-25-22(17-24)16-23(29(36)33-25)18-37-28-8-4-3-7-27(28)35-30-32-14-13-26(34-30)21-10-9-19-5-1-2-6-20(19)15-21/h1-17H,18H2,(H,33,36)(H,32,34,35). The number of hydrogen-bond acceptors (Lipinski definition) is 5. The Morgan fingerprint density at radius 3 is 2.59 bits per heavy atom. The number of aromatic amines is 1. The highest BCUT2D eigenvalue weighted by molar-refractivity contribution is 7.98. The van der Waals surface area contributed by atoms with Gasteiger partial charge in [0, 0.05) is 38.5 Å². The van der Waals surface area contributed by atoms with Crippen molar-refractivity contribution in [3.63, 3.8) is 0 Å². The Morgan fingerprint density at radius 2 is 1.68 bits per heavy atom. The molecule has 0 aliphatic rings. The molecule has 2 heterocycles.